The van der Waals surface area contributed by atoms with E-state index in [9.17, 15) is 0 Å². The molecular formula is C11H11NO2. The van der Waals surface area contributed by atoms with E-state index in [2.05, 4.69) is 16.7 Å². The van der Waals surface area contributed by atoms with Crippen molar-refractivity contribution >= 4 is 10.9 Å². The molecular weight excluding hydrogens is 178 g/mol. The van der Waals surface area contributed by atoms with Gasteiger partial charge in [-0.3, -0.25) is 0 Å². The number of aryl methyl sites for hydroxylation is 1. The van der Waals surface area contributed by atoms with Gasteiger partial charge in [-0.05, 0) is 18.2 Å². The first-order valence-electron chi connectivity index (χ1n) is 4.70. The number of ether oxygens (including phenoxy) is 2. The molecule has 0 unspecified atom stereocenters. The van der Waals surface area contributed by atoms with Crippen LogP contribution in [0, 0.1) is 0 Å². The Hall–Kier alpha value is -1.64. The molecule has 0 saturated carbocycles. The van der Waals surface area contributed by atoms with Crippen LogP contribution >= 0.6 is 0 Å². The topological polar surface area (TPSA) is 23.4 Å². The van der Waals surface area contributed by atoms with Gasteiger partial charge >= 0.3 is 0 Å². The molecule has 2 heterocycles. The molecule has 0 bridgehead atoms. The normalized spacial score (nSPS) is 14.6. The lowest BCUT2D eigenvalue weighted by molar-refractivity contribution is 0.174. The predicted molar refractivity (Wildman–Crippen MR) is 53.9 cm³/mol. The number of aromatic nitrogens is 1. The Bertz CT molecular complexity index is 487. The summed E-state index contributed by atoms with van der Waals surface area (Å²) in [5, 5.41) is 1.13. The number of nitrogens with zero attached hydrogens (tertiary/aromatic N) is 1. The van der Waals surface area contributed by atoms with Crippen molar-refractivity contribution in [2.45, 2.75) is 0 Å². The van der Waals surface area contributed by atoms with E-state index >= 15 is 0 Å². The molecule has 0 fully saturated rings. The van der Waals surface area contributed by atoms with Gasteiger partial charge in [-0.1, -0.05) is 0 Å². The maximum atomic E-state index is 5.61. The summed E-state index contributed by atoms with van der Waals surface area (Å²) < 4.78 is 13.2. The van der Waals surface area contributed by atoms with Crippen LogP contribution < -0.4 is 9.47 Å². The van der Waals surface area contributed by atoms with E-state index in [1.807, 2.05) is 19.3 Å². The number of hydrogen-bond acceptors (Lipinski definition) is 2. The predicted octanol–water partition coefficient (Wildman–Crippen LogP) is 1.95. The van der Waals surface area contributed by atoms with Gasteiger partial charge in [0.15, 0.2) is 11.5 Å². The molecule has 1 aliphatic rings. The molecule has 0 N–H and O–H groups in total. The van der Waals surface area contributed by atoms with Crippen LogP contribution in [0.5, 0.6) is 11.5 Å². The maximum Gasteiger partial charge on any atom is 0.170 e. The fraction of sp³-hybridized carbons (Fsp3) is 0.273. The summed E-state index contributed by atoms with van der Waals surface area (Å²) in [7, 11) is 2.03. The highest BCUT2D eigenvalue weighted by atomic mass is 16.6. The van der Waals surface area contributed by atoms with Crippen LogP contribution in [0.4, 0.5) is 0 Å². The second-order valence-electron chi connectivity index (χ2n) is 3.45. The van der Waals surface area contributed by atoms with Crippen molar-refractivity contribution < 1.29 is 9.47 Å². The van der Waals surface area contributed by atoms with Crippen molar-refractivity contribution in [1.29, 1.82) is 0 Å². The Morgan fingerprint density at radius 1 is 1.14 bits per heavy atom. The molecule has 1 aliphatic heterocycles. The Morgan fingerprint density at radius 2 is 2.00 bits per heavy atom. The molecule has 1 aromatic heterocycles. The summed E-state index contributed by atoms with van der Waals surface area (Å²) in [6, 6.07) is 6.09. The quantitative estimate of drug-likeness (QED) is 0.632. The zero-order valence-corrected chi connectivity index (χ0v) is 7.99. The van der Waals surface area contributed by atoms with Gasteiger partial charge in [0.2, 0.25) is 0 Å². The highest BCUT2D eigenvalue weighted by molar-refractivity contribution is 5.89. The molecule has 0 radical (unpaired) electrons. The summed E-state index contributed by atoms with van der Waals surface area (Å²) in [6.07, 6.45) is 2.03. The van der Waals surface area contributed by atoms with Crippen molar-refractivity contribution in [3.63, 3.8) is 0 Å². The molecule has 3 heteroatoms. The fourth-order valence-corrected chi connectivity index (χ4v) is 1.86. The minimum atomic E-state index is 0.640. The molecule has 3 nitrogen and oxygen atoms in total. The monoisotopic (exact) mass is 189 g/mol. The molecule has 0 aliphatic carbocycles. The average molecular weight is 189 g/mol. The van der Waals surface area contributed by atoms with Crippen molar-refractivity contribution in [3.05, 3.63) is 24.4 Å². The lowest BCUT2D eigenvalue weighted by Gasteiger charge is -2.18. The van der Waals surface area contributed by atoms with Gasteiger partial charge in [-0.25, -0.2) is 0 Å². The molecule has 0 amide bonds. The van der Waals surface area contributed by atoms with Crippen LogP contribution in [0.1, 0.15) is 0 Å². The van der Waals surface area contributed by atoms with Gasteiger partial charge in [0, 0.05) is 18.6 Å². The summed E-state index contributed by atoms with van der Waals surface area (Å²) in [4.78, 5) is 0. The van der Waals surface area contributed by atoms with Gasteiger partial charge in [-0.2, -0.15) is 0 Å². The molecule has 0 spiro atoms. The van der Waals surface area contributed by atoms with Crippen LogP contribution in [0.25, 0.3) is 10.9 Å². The second-order valence-corrected chi connectivity index (χ2v) is 3.45. The molecule has 0 saturated heterocycles. The lowest BCUT2D eigenvalue weighted by atomic mass is 10.2. The third-order valence-electron chi connectivity index (χ3n) is 2.57. The highest BCUT2D eigenvalue weighted by Gasteiger charge is 2.15. The van der Waals surface area contributed by atoms with E-state index in [-0.39, 0.29) is 0 Å². The van der Waals surface area contributed by atoms with E-state index in [0.717, 1.165) is 16.9 Å². The van der Waals surface area contributed by atoms with Crippen LogP contribution in [-0.4, -0.2) is 17.8 Å². The third kappa shape index (κ3) is 0.923. The first kappa shape index (κ1) is 7.74. The molecule has 0 atom stereocenters. The minimum Gasteiger partial charge on any atom is -0.486 e. The fourth-order valence-electron chi connectivity index (χ4n) is 1.86. The van der Waals surface area contributed by atoms with Crippen molar-refractivity contribution in [1.82, 2.24) is 4.57 Å². The van der Waals surface area contributed by atoms with Crippen LogP contribution in [0.3, 0.4) is 0 Å². The molecule has 2 aromatic rings. The molecule has 1 aromatic carbocycles. The average Bonchev–Trinajstić information content (AvgIpc) is 2.61. The summed E-state index contributed by atoms with van der Waals surface area (Å²) in [5.74, 6) is 1.74. The van der Waals surface area contributed by atoms with Gasteiger partial charge in [0.05, 0.1) is 5.52 Å². The van der Waals surface area contributed by atoms with Gasteiger partial charge < -0.3 is 14.0 Å². The minimum absolute atomic E-state index is 0.640. The Kier molecular flexibility index (Phi) is 1.48. The number of benzene rings is 1. The Balaban J connectivity index is 2.35. The van der Waals surface area contributed by atoms with E-state index in [1.54, 1.807) is 0 Å². The SMILES string of the molecule is Cn1ccc2c3c(ccc21)OCCO3. The lowest BCUT2D eigenvalue weighted by Crippen LogP contribution is -2.15. The van der Waals surface area contributed by atoms with Crippen molar-refractivity contribution in [3.8, 4) is 11.5 Å². The van der Waals surface area contributed by atoms with Gasteiger partial charge in [-0.15, -0.1) is 0 Å². The second kappa shape index (κ2) is 2.67. The largest absolute Gasteiger partial charge is 0.486 e. The van der Waals surface area contributed by atoms with Crippen LogP contribution in [0.15, 0.2) is 24.4 Å². The summed E-state index contributed by atoms with van der Waals surface area (Å²) in [6.45, 7) is 1.28. The standard InChI is InChI=1S/C11H11NO2/c1-12-5-4-8-9(12)2-3-10-11(8)14-7-6-13-10/h2-5H,6-7H2,1H3. The smallest absolute Gasteiger partial charge is 0.170 e. The number of hydrogen-bond donors (Lipinski definition) is 0. The Morgan fingerprint density at radius 3 is 2.93 bits per heavy atom. The van der Waals surface area contributed by atoms with Crippen LogP contribution in [-0.2, 0) is 7.05 Å². The van der Waals surface area contributed by atoms with Gasteiger partial charge in [0.25, 0.3) is 0 Å². The molecule has 14 heavy (non-hydrogen) atoms. The zero-order chi connectivity index (χ0) is 9.54. The van der Waals surface area contributed by atoms with E-state index in [0.29, 0.717) is 13.2 Å². The zero-order valence-electron chi connectivity index (χ0n) is 7.99. The number of rotatable bonds is 0. The number of fused-ring (bicyclic) bond motifs is 3. The van der Waals surface area contributed by atoms with Gasteiger partial charge in [0.1, 0.15) is 13.2 Å². The van der Waals surface area contributed by atoms with E-state index < -0.39 is 0 Å². The first-order valence-corrected chi connectivity index (χ1v) is 4.70. The molecule has 3 rings (SSSR count). The summed E-state index contributed by atoms with van der Waals surface area (Å²) >= 11 is 0. The molecule has 72 valence electrons. The maximum absolute atomic E-state index is 5.61. The first-order chi connectivity index (χ1) is 6.86. The third-order valence-corrected chi connectivity index (χ3v) is 2.57. The summed E-state index contributed by atoms with van der Waals surface area (Å²) in [5.41, 5.74) is 1.18. The van der Waals surface area contributed by atoms with Crippen molar-refractivity contribution in [2.24, 2.45) is 7.05 Å². The van der Waals surface area contributed by atoms with E-state index in [4.69, 9.17) is 9.47 Å². The van der Waals surface area contributed by atoms with E-state index in [1.165, 1.54) is 5.52 Å². The van der Waals surface area contributed by atoms with Crippen molar-refractivity contribution in [2.75, 3.05) is 13.2 Å². The Labute approximate surface area is 81.8 Å². The highest BCUT2D eigenvalue weighted by Crippen LogP contribution is 2.37. The van der Waals surface area contributed by atoms with Crippen LogP contribution in [0.2, 0.25) is 0 Å².